The number of hydrogen-bond donors (Lipinski definition) is 0. The summed E-state index contributed by atoms with van der Waals surface area (Å²) in [5.74, 6) is 1.55. The Bertz CT molecular complexity index is 785. The Kier molecular flexibility index (Phi) is 11.7. The number of hydrogen-bond acceptors (Lipinski definition) is 2. The molecule has 1 fully saturated rings. The summed E-state index contributed by atoms with van der Waals surface area (Å²) in [4.78, 5) is 0. The van der Waals surface area contributed by atoms with Crippen molar-refractivity contribution >= 4 is 132 Å². The molecule has 1 nitrogen and oxygen atoms in total. The third kappa shape index (κ3) is 6.80. The normalized spacial score (nSPS) is 17.2. The maximum absolute atomic E-state index is 8.86. The van der Waals surface area contributed by atoms with Crippen molar-refractivity contribution in [1.82, 2.24) is 0 Å². The molecule has 0 amide bonds. The van der Waals surface area contributed by atoms with Gasteiger partial charge in [0.2, 0.25) is 0 Å². The standard InChI is InChI=1S/C13H13N.B17S/c14-8-9-1-6-12-10-2-4-11(5-3-10)13(12)7-9;1-9-14(8)17(13(6)7)15(10-18)16(11(2)3)12(4)5/h1,6-7,10-11H,2-5H2;. The van der Waals surface area contributed by atoms with E-state index < -0.39 is 44.7 Å². The van der Waals surface area contributed by atoms with Crippen LogP contribution in [0.3, 0.4) is 0 Å². The van der Waals surface area contributed by atoms with E-state index in [0.29, 0.717) is 0 Å². The van der Waals surface area contributed by atoms with Crippen LogP contribution in [0.4, 0.5) is 0 Å². The average molecular weight is 399 g/mol. The van der Waals surface area contributed by atoms with E-state index in [9.17, 15) is 0 Å². The van der Waals surface area contributed by atoms with Gasteiger partial charge < -0.3 is 0 Å². The predicted octanol–water partition coefficient (Wildman–Crippen LogP) is -2.51. The van der Waals surface area contributed by atoms with Gasteiger partial charge in [-0.05, 0) is 60.8 Å². The summed E-state index contributed by atoms with van der Waals surface area (Å²) in [7, 11) is 46.7. The third-order valence-electron chi connectivity index (χ3n) is 6.87. The molecule has 0 heterocycles. The molecule has 0 saturated heterocycles. The maximum atomic E-state index is 8.86. The number of rotatable bonds is 8. The van der Waals surface area contributed by atoms with E-state index in [0.717, 1.165) is 17.4 Å². The van der Waals surface area contributed by atoms with Gasteiger partial charge in [0.1, 0.15) is 0 Å². The van der Waals surface area contributed by atoms with Gasteiger partial charge in [-0.1, -0.05) is 6.07 Å². The van der Waals surface area contributed by atoms with Crippen LogP contribution < -0.4 is 0 Å². The van der Waals surface area contributed by atoms with E-state index in [2.05, 4.69) is 18.2 Å². The van der Waals surface area contributed by atoms with Crippen molar-refractivity contribution in [3.8, 4) is 6.07 Å². The quantitative estimate of drug-likeness (QED) is 0.451. The van der Waals surface area contributed by atoms with Crippen molar-refractivity contribution in [2.75, 3.05) is 0 Å². The Labute approximate surface area is 214 Å². The van der Waals surface area contributed by atoms with Crippen LogP contribution in [0.15, 0.2) is 18.2 Å². The zero-order valence-corrected chi connectivity index (χ0v) is 19.2. The molecule has 0 aromatic heterocycles. The first-order valence-electron chi connectivity index (χ1n) is 11.0. The molecule has 17 radical (unpaired) electrons. The molecule has 127 valence electrons. The summed E-state index contributed by atoms with van der Waals surface area (Å²) in [6, 6.07) is 9.96. The second-order valence-electron chi connectivity index (χ2n) is 8.87. The molecule has 3 aliphatic carbocycles. The summed E-state index contributed by atoms with van der Waals surface area (Å²) in [6.07, 6.45) is 1.23. The van der Waals surface area contributed by atoms with Crippen LogP contribution in [0.1, 0.15) is 54.2 Å². The Morgan fingerprint density at radius 3 is 1.75 bits per heavy atom. The summed E-state index contributed by atoms with van der Waals surface area (Å²) in [6.45, 7) is 0. The minimum absolute atomic E-state index is 0.408. The number of fused-ring (bicyclic) bond motifs is 2. The van der Waals surface area contributed by atoms with Gasteiger partial charge in [0.15, 0.2) is 0 Å². The molecule has 1 aromatic carbocycles. The monoisotopic (exact) mass is 402 g/mol. The fraction of sp³-hybridized carbons (Fsp3) is 0.462. The number of benzene rings is 1. The van der Waals surface area contributed by atoms with Gasteiger partial charge in [0.05, 0.1) is 11.6 Å². The molecule has 19 heteroatoms. The predicted molar refractivity (Wildman–Crippen MR) is 161 cm³/mol. The first kappa shape index (κ1) is 28.3. The summed E-state index contributed by atoms with van der Waals surface area (Å²) >= 11 is 4.98. The zero-order valence-electron chi connectivity index (χ0n) is 18.4. The van der Waals surface area contributed by atoms with Crippen LogP contribution in [0, 0.1) is 11.3 Å². The summed E-state index contributed by atoms with van der Waals surface area (Å²) < 4.78 is 0. The van der Waals surface area contributed by atoms with Crippen LogP contribution in [0.2, 0.25) is 0 Å². The number of nitriles is 1. The molecule has 3 aliphatic rings. The van der Waals surface area contributed by atoms with Gasteiger partial charge in [-0.2, -0.15) is 5.26 Å². The second kappa shape index (κ2) is 13.2. The number of nitrogens with zero attached hydrogens (tertiary/aromatic N) is 1. The van der Waals surface area contributed by atoms with Crippen LogP contribution in [0.25, 0.3) is 0 Å². The minimum atomic E-state index is -0.763. The van der Waals surface area contributed by atoms with Crippen molar-refractivity contribution in [2.45, 2.75) is 37.5 Å². The van der Waals surface area contributed by atoms with Gasteiger partial charge in [-0.25, -0.2) is 0 Å². The van der Waals surface area contributed by atoms with Crippen molar-refractivity contribution < 1.29 is 0 Å². The van der Waals surface area contributed by atoms with Crippen LogP contribution in [-0.4, -0.2) is 120 Å². The molecular formula is C13H13B17NS. The molecule has 0 N–H and O–H groups in total. The first-order valence-corrected chi connectivity index (χ1v) is 11.5. The first-order chi connectivity index (χ1) is 15.2. The average Bonchev–Trinajstić information content (AvgIpc) is 2.78. The molecule has 1 saturated carbocycles. The van der Waals surface area contributed by atoms with Crippen molar-refractivity contribution in [2.24, 2.45) is 0 Å². The molecule has 2 bridgehead atoms. The molecule has 0 atom stereocenters. The Morgan fingerprint density at radius 2 is 1.34 bits per heavy atom. The fourth-order valence-corrected chi connectivity index (χ4v) is 5.55. The molecule has 0 aliphatic heterocycles. The second-order valence-corrected chi connectivity index (χ2v) is 9.15. The van der Waals surface area contributed by atoms with Crippen LogP contribution in [0.5, 0.6) is 0 Å². The van der Waals surface area contributed by atoms with E-state index in [1.807, 2.05) is 6.07 Å². The van der Waals surface area contributed by atoms with Gasteiger partial charge in [0.25, 0.3) is 0 Å². The van der Waals surface area contributed by atoms with Gasteiger partial charge in [-0.15, -0.1) is 0 Å². The fourth-order valence-electron chi connectivity index (χ4n) is 5.19. The third-order valence-corrected chi connectivity index (χ3v) is 7.18. The van der Waals surface area contributed by atoms with Crippen molar-refractivity contribution in [3.05, 3.63) is 34.9 Å². The molecule has 32 heavy (non-hydrogen) atoms. The Hall–Kier alpha value is 0.0339. The Morgan fingerprint density at radius 1 is 0.844 bits per heavy atom. The molecular weight excluding hydrogens is 386 g/mol. The molecule has 4 rings (SSSR count). The van der Waals surface area contributed by atoms with E-state index in [1.165, 1.54) is 49.9 Å². The van der Waals surface area contributed by atoms with Gasteiger partial charge in [0, 0.05) is 0 Å². The van der Waals surface area contributed by atoms with E-state index in [-0.39, 0.29) is 0 Å². The molecule has 0 spiro atoms. The van der Waals surface area contributed by atoms with Crippen molar-refractivity contribution in [1.29, 1.82) is 5.26 Å². The molecule has 1 aromatic rings. The van der Waals surface area contributed by atoms with Gasteiger partial charge >= 0.3 is 132 Å². The summed E-state index contributed by atoms with van der Waals surface area (Å²) in [5.41, 5.74) is 3.84. The van der Waals surface area contributed by atoms with Crippen LogP contribution >= 0.6 is 12.1 Å². The van der Waals surface area contributed by atoms with Crippen LogP contribution in [-0.2, 0) is 0 Å². The topological polar surface area (TPSA) is 23.8 Å². The van der Waals surface area contributed by atoms with Gasteiger partial charge in [-0.3, -0.25) is 0 Å². The Balaban J connectivity index is 0.000000231. The van der Waals surface area contributed by atoms with Crippen molar-refractivity contribution in [3.63, 3.8) is 0 Å². The van der Waals surface area contributed by atoms with E-state index in [4.69, 9.17) is 79.2 Å². The molecule has 0 unspecified atom stereocenters. The van der Waals surface area contributed by atoms with E-state index >= 15 is 0 Å². The van der Waals surface area contributed by atoms with E-state index in [1.54, 1.807) is 0 Å². The SMILES string of the molecule is N#Cc1ccc2c(c1)C1CCC2CC1.[B][B]B([B])B(B([B])[B])B(B=S)B(B([B])[B])B([B])[B]. The zero-order chi connectivity index (χ0) is 24.0. The summed E-state index contributed by atoms with van der Waals surface area (Å²) in [5, 5.41) is 8.86.